The summed E-state index contributed by atoms with van der Waals surface area (Å²) < 4.78 is 0. The first-order valence-electron chi connectivity index (χ1n) is 5.40. The molecular formula is C12H20CoN2O2. The summed E-state index contributed by atoms with van der Waals surface area (Å²) in [4.78, 5) is 30.0. The van der Waals surface area contributed by atoms with Crippen molar-refractivity contribution < 1.29 is 26.4 Å². The first kappa shape index (κ1) is 18.5. The minimum Gasteiger partial charge on any atom is -0.300 e. The minimum atomic E-state index is 0. The third-order valence-electron chi connectivity index (χ3n) is 1.87. The summed E-state index contributed by atoms with van der Waals surface area (Å²) in [6, 6.07) is 0. The van der Waals surface area contributed by atoms with Gasteiger partial charge in [-0.15, -0.1) is 0 Å². The van der Waals surface area contributed by atoms with Crippen molar-refractivity contribution in [3.05, 3.63) is 0 Å². The monoisotopic (exact) mass is 283 g/mol. The van der Waals surface area contributed by atoms with Gasteiger partial charge in [-0.05, 0) is 27.7 Å². The molecule has 99 valence electrons. The van der Waals surface area contributed by atoms with E-state index in [2.05, 4.69) is 9.98 Å². The number of carbonyl (C=O) groups excluding carboxylic acids is 2. The van der Waals surface area contributed by atoms with Crippen LogP contribution < -0.4 is 0 Å². The molecule has 0 aliphatic carbocycles. The van der Waals surface area contributed by atoms with Crippen LogP contribution in [0.2, 0.25) is 0 Å². The van der Waals surface area contributed by atoms with E-state index in [-0.39, 0.29) is 28.3 Å². The molecule has 0 saturated heterocycles. The number of rotatable bonds is 7. The molecule has 0 saturated carbocycles. The van der Waals surface area contributed by atoms with Crippen molar-refractivity contribution in [3.63, 3.8) is 0 Å². The Bertz CT molecular complexity index is 290. The SMILES string of the molecule is CC(=O)CC(C)=NCCN=C(C)CC(C)=O.[Co]. The van der Waals surface area contributed by atoms with Crippen LogP contribution in [0.4, 0.5) is 0 Å². The maximum atomic E-state index is 10.8. The van der Waals surface area contributed by atoms with Crippen molar-refractivity contribution >= 4 is 23.0 Å². The maximum Gasteiger partial charge on any atom is 0.135 e. The van der Waals surface area contributed by atoms with E-state index in [0.717, 1.165) is 11.4 Å². The normalized spacial score (nSPS) is 12.0. The Morgan fingerprint density at radius 1 is 0.765 bits per heavy atom. The second-order valence-electron chi connectivity index (χ2n) is 3.99. The van der Waals surface area contributed by atoms with Crippen LogP contribution in [0, 0.1) is 0 Å². The van der Waals surface area contributed by atoms with Gasteiger partial charge in [-0.2, -0.15) is 0 Å². The Kier molecular flexibility index (Phi) is 11.3. The Labute approximate surface area is 113 Å². The number of hydrogen-bond donors (Lipinski definition) is 0. The molecule has 0 rings (SSSR count). The quantitative estimate of drug-likeness (QED) is 0.529. The Morgan fingerprint density at radius 3 is 1.29 bits per heavy atom. The first-order valence-corrected chi connectivity index (χ1v) is 5.40. The van der Waals surface area contributed by atoms with Crippen LogP contribution in [-0.4, -0.2) is 36.1 Å². The average Bonchev–Trinajstić information content (AvgIpc) is 2.10. The van der Waals surface area contributed by atoms with Crippen LogP contribution >= 0.6 is 0 Å². The van der Waals surface area contributed by atoms with Gasteiger partial charge in [0.25, 0.3) is 0 Å². The van der Waals surface area contributed by atoms with Crippen molar-refractivity contribution in [2.45, 2.75) is 40.5 Å². The van der Waals surface area contributed by atoms with E-state index in [4.69, 9.17) is 0 Å². The maximum absolute atomic E-state index is 10.8. The number of ketones is 2. The van der Waals surface area contributed by atoms with Gasteiger partial charge in [0.1, 0.15) is 11.6 Å². The van der Waals surface area contributed by atoms with Crippen LogP contribution in [-0.2, 0) is 26.4 Å². The molecule has 0 spiro atoms. The smallest absolute Gasteiger partial charge is 0.135 e. The van der Waals surface area contributed by atoms with Gasteiger partial charge in [0.2, 0.25) is 0 Å². The molecule has 0 aromatic rings. The average molecular weight is 283 g/mol. The summed E-state index contributed by atoms with van der Waals surface area (Å²) in [7, 11) is 0. The molecule has 0 heterocycles. The predicted octanol–water partition coefficient (Wildman–Crippen LogP) is 1.86. The second kappa shape index (κ2) is 10.3. The zero-order valence-electron chi connectivity index (χ0n) is 10.9. The molecule has 0 bridgehead atoms. The summed E-state index contributed by atoms with van der Waals surface area (Å²) in [6.07, 6.45) is 0.826. The van der Waals surface area contributed by atoms with Gasteiger partial charge >= 0.3 is 0 Å². The fourth-order valence-electron chi connectivity index (χ4n) is 1.31. The molecule has 5 heteroatoms. The molecule has 0 aromatic carbocycles. The van der Waals surface area contributed by atoms with Crippen LogP contribution in [0.1, 0.15) is 40.5 Å². The van der Waals surface area contributed by atoms with Gasteiger partial charge in [-0.1, -0.05) is 0 Å². The molecular weight excluding hydrogens is 263 g/mol. The molecule has 17 heavy (non-hydrogen) atoms. The Balaban J connectivity index is 0. The summed E-state index contributed by atoms with van der Waals surface area (Å²) in [5, 5.41) is 0. The summed E-state index contributed by atoms with van der Waals surface area (Å²) >= 11 is 0. The number of hydrogen-bond acceptors (Lipinski definition) is 4. The van der Waals surface area contributed by atoms with Crippen LogP contribution in [0.15, 0.2) is 9.98 Å². The summed E-state index contributed by atoms with van der Waals surface area (Å²) in [6.45, 7) is 7.94. The molecule has 1 radical (unpaired) electrons. The van der Waals surface area contributed by atoms with E-state index in [0.29, 0.717) is 25.9 Å². The van der Waals surface area contributed by atoms with E-state index in [1.54, 1.807) is 13.8 Å². The molecule has 0 N–H and O–H groups in total. The molecule has 0 aliphatic heterocycles. The van der Waals surface area contributed by atoms with Crippen molar-refractivity contribution in [1.82, 2.24) is 0 Å². The van der Waals surface area contributed by atoms with Gasteiger partial charge in [0.05, 0.1) is 13.1 Å². The molecule has 0 unspecified atom stereocenters. The van der Waals surface area contributed by atoms with Gasteiger partial charge in [0, 0.05) is 41.0 Å². The zero-order chi connectivity index (χ0) is 12.6. The van der Waals surface area contributed by atoms with Gasteiger partial charge in [-0.25, -0.2) is 0 Å². The first-order chi connectivity index (χ1) is 7.41. The van der Waals surface area contributed by atoms with E-state index in [9.17, 15) is 9.59 Å². The largest absolute Gasteiger partial charge is 0.300 e. The van der Waals surface area contributed by atoms with Gasteiger partial charge < -0.3 is 0 Å². The van der Waals surface area contributed by atoms with E-state index in [1.807, 2.05) is 13.8 Å². The van der Waals surface area contributed by atoms with Crippen LogP contribution in [0.25, 0.3) is 0 Å². The Hall–Kier alpha value is -0.814. The molecule has 0 fully saturated rings. The van der Waals surface area contributed by atoms with Crippen molar-refractivity contribution in [2.24, 2.45) is 9.98 Å². The fraction of sp³-hybridized carbons (Fsp3) is 0.667. The van der Waals surface area contributed by atoms with Crippen molar-refractivity contribution in [1.29, 1.82) is 0 Å². The van der Waals surface area contributed by atoms with Crippen molar-refractivity contribution in [2.75, 3.05) is 13.1 Å². The van der Waals surface area contributed by atoms with Gasteiger partial charge in [-0.3, -0.25) is 19.6 Å². The zero-order valence-corrected chi connectivity index (χ0v) is 11.9. The standard InChI is InChI=1S/C12H20N2O2.Co/c1-9(7-11(3)15)13-5-6-14-10(2)8-12(4)16;/h5-8H2,1-4H3;. The summed E-state index contributed by atoms with van der Waals surface area (Å²) in [5.74, 6) is 0.245. The van der Waals surface area contributed by atoms with E-state index >= 15 is 0 Å². The van der Waals surface area contributed by atoms with E-state index in [1.165, 1.54) is 0 Å². The Morgan fingerprint density at radius 2 is 1.06 bits per heavy atom. The number of Topliss-reactive ketones (excluding diaryl/α,β-unsaturated/α-hetero) is 2. The number of carbonyl (C=O) groups is 2. The molecule has 0 atom stereocenters. The molecule has 0 aliphatic rings. The van der Waals surface area contributed by atoms with Crippen LogP contribution in [0.5, 0.6) is 0 Å². The number of aliphatic imine (C=N–C) groups is 2. The second-order valence-corrected chi connectivity index (χ2v) is 3.99. The third kappa shape index (κ3) is 13.1. The van der Waals surface area contributed by atoms with E-state index < -0.39 is 0 Å². The fourth-order valence-corrected chi connectivity index (χ4v) is 1.31. The summed E-state index contributed by atoms with van der Waals surface area (Å²) in [5.41, 5.74) is 1.68. The van der Waals surface area contributed by atoms with Gasteiger partial charge in [0.15, 0.2) is 0 Å². The molecule has 0 amide bonds. The topological polar surface area (TPSA) is 58.9 Å². The molecule has 0 aromatic heterocycles. The minimum absolute atomic E-state index is 0. The van der Waals surface area contributed by atoms with Crippen molar-refractivity contribution in [3.8, 4) is 0 Å². The van der Waals surface area contributed by atoms with Crippen LogP contribution in [0.3, 0.4) is 0 Å². The third-order valence-corrected chi connectivity index (χ3v) is 1.87. The predicted molar refractivity (Wildman–Crippen MR) is 66.5 cm³/mol. The number of nitrogens with zero attached hydrogens (tertiary/aromatic N) is 2. The molecule has 4 nitrogen and oxygen atoms in total.